The number of rotatable bonds is 4. The molecule has 0 saturated carbocycles. The number of benzene rings is 1. The highest BCUT2D eigenvalue weighted by molar-refractivity contribution is 5.88. The summed E-state index contributed by atoms with van der Waals surface area (Å²) in [5.41, 5.74) is 4.66. The van der Waals surface area contributed by atoms with Crippen molar-refractivity contribution in [2.24, 2.45) is 0 Å². The molecule has 0 bridgehead atoms. The summed E-state index contributed by atoms with van der Waals surface area (Å²) in [5, 5.41) is 9.97. The van der Waals surface area contributed by atoms with Gasteiger partial charge in [0.25, 0.3) is 0 Å². The van der Waals surface area contributed by atoms with Gasteiger partial charge in [-0.1, -0.05) is 32.0 Å². The topological polar surface area (TPSA) is 53.1 Å². The summed E-state index contributed by atoms with van der Waals surface area (Å²) in [6.45, 7) is 6.35. The zero-order valence-electron chi connectivity index (χ0n) is 11.1. The van der Waals surface area contributed by atoms with Gasteiger partial charge in [-0.2, -0.15) is 0 Å². The van der Waals surface area contributed by atoms with E-state index >= 15 is 0 Å². The number of carboxylic acids is 1. The molecule has 3 nitrogen and oxygen atoms in total. The third-order valence-electron chi connectivity index (χ3n) is 3.40. The number of aliphatic carboxylic acids is 1. The van der Waals surface area contributed by atoms with Crippen LogP contribution in [0, 0.1) is 6.92 Å². The smallest absolute Gasteiger partial charge is 0.303 e. The predicted molar refractivity (Wildman–Crippen MR) is 73.1 cm³/mol. The SMILES string of the molecule is Cc1[nH]c2c(C(C)C)cccc2c1CCC(=O)O. The van der Waals surface area contributed by atoms with Crippen LogP contribution in [-0.4, -0.2) is 16.1 Å². The van der Waals surface area contributed by atoms with E-state index in [1.807, 2.05) is 6.92 Å². The lowest BCUT2D eigenvalue weighted by molar-refractivity contribution is -0.136. The minimum Gasteiger partial charge on any atom is -0.481 e. The van der Waals surface area contributed by atoms with Crippen LogP contribution in [0.15, 0.2) is 18.2 Å². The molecule has 0 amide bonds. The van der Waals surface area contributed by atoms with Crippen LogP contribution < -0.4 is 0 Å². The number of nitrogens with one attached hydrogen (secondary N) is 1. The van der Waals surface area contributed by atoms with Crippen molar-refractivity contribution < 1.29 is 9.90 Å². The summed E-state index contributed by atoms with van der Waals surface area (Å²) in [6, 6.07) is 6.25. The highest BCUT2D eigenvalue weighted by Crippen LogP contribution is 2.29. The Kier molecular flexibility index (Phi) is 3.41. The van der Waals surface area contributed by atoms with E-state index in [9.17, 15) is 4.79 Å². The molecule has 0 fully saturated rings. The molecule has 0 spiro atoms. The van der Waals surface area contributed by atoms with E-state index in [0.717, 1.165) is 16.8 Å². The van der Waals surface area contributed by atoms with Crippen LogP contribution in [0.3, 0.4) is 0 Å². The normalized spacial score (nSPS) is 11.3. The highest BCUT2D eigenvalue weighted by atomic mass is 16.4. The highest BCUT2D eigenvalue weighted by Gasteiger charge is 2.13. The maximum absolute atomic E-state index is 10.7. The predicted octanol–water partition coefficient (Wildman–Crippen LogP) is 3.62. The van der Waals surface area contributed by atoms with Crippen molar-refractivity contribution in [1.82, 2.24) is 4.98 Å². The lowest BCUT2D eigenvalue weighted by Crippen LogP contribution is -1.98. The summed E-state index contributed by atoms with van der Waals surface area (Å²) in [4.78, 5) is 14.1. The number of carboxylic acid groups (broad SMARTS) is 1. The molecule has 0 atom stereocenters. The van der Waals surface area contributed by atoms with Crippen LogP contribution in [0.2, 0.25) is 0 Å². The third-order valence-corrected chi connectivity index (χ3v) is 3.40. The fraction of sp³-hybridized carbons (Fsp3) is 0.400. The molecular weight excluding hydrogens is 226 g/mol. The lowest BCUT2D eigenvalue weighted by Gasteiger charge is -2.06. The van der Waals surface area contributed by atoms with Crippen molar-refractivity contribution >= 4 is 16.9 Å². The number of hydrogen-bond donors (Lipinski definition) is 2. The standard InChI is InChI=1S/C15H19NO2/c1-9(2)11-5-4-6-13-12(7-8-14(17)18)10(3)16-15(11)13/h4-6,9,16H,7-8H2,1-3H3,(H,17,18). The van der Waals surface area contributed by atoms with Gasteiger partial charge in [0.2, 0.25) is 0 Å². The van der Waals surface area contributed by atoms with Gasteiger partial charge < -0.3 is 10.1 Å². The van der Waals surface area contributed by atoms with Crippen LogP contribution in [-0.2, 0) is 11.2 Å². The molecule has 0 radical (unpaired) electrons. The second kappa shape index (κ2) is 4.84. The number of para-hydroxylation sites is 1. The number of aromatic nitrogens is 1. The van der Waals surface area contributed by atoms with Gasteiger partial charge in [-0.3, -0.25) is 4.79 Å². The first kappa shape index (κ1) is 12.7. The summed E-state index contributed by atoms with van der Waals surface area (Å²) >= 11 is 0. The molecule has 3 heteroatoms. The number of fused-ring (bicyclic) bond motifs is 1. The van der Waals surface area contributed by atoms with Crippen molar-refractivity contribution in [3.63, 3.8) is 0 Å². The zero-order chi connectivity index (χ0) is 13.3. The molecule has 0 aliphatic rings. The maximum Gasteiger partial charge on any atom is 0.303 e. The number of hydrogen-bond acceptors (Lipinski definition) is 1. The van der Waals surface area contributed by atoms with E-state index in [4.69, 9.17) is 5.11 Å². The Balaban J connectivity index is 2.51. The quantitative estimate of drug-likeness (QED) is 0.864. The maximum atomic E-state index is 10.7. The molecule has 0 aliphatic heterocycles. The second-order valence-corrected chi connectivity index (χ2v) is 5.05. The van der Waals surface area contributed by atoms with E-state index in [0.29, 0.717) is 12.3 Å². The molecule has 1 aromatic carbocycles. The molecule has 0 unspecified atom stereocenters. The van der Waals surface area contributed by atoms with Crippen molar-refractivity contribution in [3.05, 3.63) is 35.0 Å². The molecule has 1 heterocycles. The minimum atomic E-state index is -0.747. The molecule has 1 aromatic heterocycles. The van der Waals surface area contributed by atoms with Gasteiger partial charge in [-0.25, -0.2) is 0 Å². The number of H-pyrrole nitrogens is 1. The van der Waals surface area contributed by atoms with Crippen LogP contribution in [0.25, 0.3) is 10.9 Å². The van der Waals surface area contributed by atoms with E-state index in [1.165, 1.54) is 10.9 Å². The number of carbonyl (C=O) groups is 1. The fourth-order valence-electron chi connectivity index (χ4n) is 2.46. The molecule has 2 N–H and O–H groups in total. The van der Waals surface area contributed by atoms with Gasteiger partial charge in [0.15, 0.2) is 0 Å². The van der Waals surface area contributed by atoms with Gasteiger partial charge in [-0.15, -0.1) is 0 Å². The Morgan fingerprint density at radius 3 is 2.72 bits per heavy atom. The van der Waals surface area contributed by atoms with E-state index < -0.39 is 5.97 Å². The largest absolute Gasteiger partial charge is 0.481 e. The first-order valence-corrected chi connectivity index (χ1v) is 6.32. The second-order valence-electron chi connectivity index (χ2n) is 5.05. The lowest BCUT2D eigenvalue weighted by atomic mass is 9.98. The van der Waals surface area contributed by atoms with Crippen LogP contribution >= 0.6 is 0 Å². The van der Waals surface area contributed by atoms with Gasteiger partial charge >= 0.3 is 5.97 Å². The van der Waals surface area contributed by atoms with Crippen LogP contribution in [0.5, 0.6) is 0 Å². The van der Waals surface area contributed by atoms with Crippen molar-refractivity contribution in [1.29, 1.82) is 0 Å². The fourth-order valence-corrected chi connectivity index (χ4v) is 2.46. The summed E-state index contributed by atoms with van der Waals surface area (Å²) in [7, 11) is 0. The Morgan fingerprint density at radius 2 is 2.11 bits per heavy atom. The van der Waals surface area contributed by atoms with Gasteiger partial charge in [0.1, 0.15) is 0 Å². The molecule has 2 rings (SSSR count). The molecule has 0 saturated heterocycles. The average Bonchev–Trinajstić information content (AvgIpc) is 2.61. The number of aryl methyl sites for hydroxylation is 2. The van der Waals surface area contributed by atoms with E-state index in [2.05, 4.69) is 37.0 Å². The Labute approximate surface area is 107 Å². The Morgan fingerprint density at radius 1 is 1.39 bits per heavy atom. The minimum absolute atomic E-state index is 0.180. The zero-order valence-corrected chi connectivity index (χ0v) is 11.1. The van der Waals surface area contributed by atoms with E-state index in [-0.39, 0.29) is 6.42 Å². The molecule has 18 heavy (non-hydrogen) atoms. The van der Waals surface area contributed by atoms with Crippen LogP contribution in [0.4, 0.5) is 0 Å². The Bertz CT molecular complexity index is 581. The summed E-state index contributed by atoms with van der Waals surface area (Å²) < 4.78 is 0. The summed E-state index contributed by atoms with van der Waals surface area (Å²) in [5.74, 6) is -0.289. The first-order valence-electron chi connectivity index (χ1n) is 6.32. The van der Waals surface area contributed by atoms with Crippen molar-refractivity contribution in [2.75, 3.05) is 0 Å². The molecular formula is C15H19NO2. The van der Waals surface area contributed by atoms with Gasteiger partial charge in [-0.05, 0) is 30.4 Å². The third kappa shape index (κ3) is 2.26. The van der Waals surface area contributed by atoms with Crippen LogP contribution in [0.1, 0.15) is 43.0 Å². The summed E-state index contributed by atoms with van der Waals surface area (Å²) in [6.07, 6.45) is 0.766. The molecule has 96 valence electrons. The van der Waals surface area contributed by atoms with E-state index in [1.54, 1.807) is 0 Å². The molecule has 0 aliphatic carbocycles. The monoisotopic (exact) mass is 245 g/mol. The van der Waals surface area contributed by atoms with Gasteiger partial charge in [0.05, 0.1) is 0 Å². The average molecular weight is 245 g/mol. The van der Waals surface area contributed by atoms with Gasteiger partial charge in [0, 0.05) is 23.0 Å². The molecule has 2 aromatic rings. The Hall–Kier alpha value is -1.77. The van der Waals surface area contributed by atoms with Crippen molar-refractivity contribution in [3.8, 4) is 0 Å². The number of aromatic amines is 1. The first-order chi connectivity index (χ1) is 8.50. The van der Waals surface area contributed by atoms with Crippen molar-refractivity contribution in [2.45, 2.75) is 39.5 Å².